The minimum absolute atomic E-state index is 0.118. The summed E-state index contributed by atoms with van der Waals surface area (Å²) in [5, 5.41) is 2.76. The van der Waals surface area contributed by atoms with Gasteiger partial charge >= 0.3 is 6.09 Å². The number of rotatable bonds is 6. The summed E-state index contributed by atoms with van der Waals surface area (Å²) >= 11 is 0. The number of likely N-dealkylation sites (N-methyl/N-ethyl adjacent to an activating group) is 1. The summed E-state index contributed by atoms with van der Waals surface area (Å²) in [6.07, 6.45) is -0.201. The zero-order chi connectivity index (χ0) is 20.7. The Kier molecular flexibility index (Phi) is 7.21. The molecule has 2 rings (SSSR count). The van der Waals surface area contributed by atoms with Gasteiger partial charge in [-0.05, 0) is 38.8 Å². The molecule has 0 radical (unpaired) electrons. The first-order chi connectivity index (χ1) is 13.2. The SMILES string of the molecule is C[C@H](c1ccccc1)N(C)C(=O)[C@H](Cc1ccccc1)NC(=O)OC(C)(C)C. The number of benzene rings is 2. The second-order valence-corrected chi connectivity index (χ2v) is 7.92. The molecule has 5 heteroatoms. The van der Waals surface area contributed by atoms with Crippen LogP contribution in [0.5, 0.6) is 0 Å². The Morgan fingerprint density at radius 1 is 1.00 bits per heavy atom. The molecule has 0 unspecified atom stereocenters. The lowest BCUT2D eigenvalue weighted by atomic mass is 10.0. The minimum atomic E-state index is -0.714. The Hall–Kier alpha value is -2.82. The molecule has 0 fully saturated rings. The number of nitrogens with zero attached hydrogens (tertiary/aromatic N) is 1. The molecule has 0 aromatic heterocycles. The lowest BCUT2D eigenvalue weighted by Gasteiger charge is -2.30. The highest BCUT2D eigenvalue weighted by Gasteiger charge is 2.29. The molecule has 2 aromatic carbocycles. The number of carbonyl (C=O) groups excluding carboxylic acids is 2. The molecular formula is C23H30N2O3. The average molecular weight is 383 g/mol. The molecule has 150 valence electrons. The van der Waals surface area contributed by atoms with E-state index in [0.29, 0.717) is 6.42 Å². The summed E-state index contributed by atoms with van der Waals surface area (Å²) in [6.45, 7) is 7.36. The molecule has 2 aromatic rings. The second kappa shape index (κ2) is 9.40. The Morgan fingerprint density at radius 2 is 1.54 bits per heavy atom. The van der Waals surface area contributed by atoms with E-state index in [1.807, 2.05) is 67.6 Å². The van der Waals surface area contributed by atoms with Crippen molar-refractivity contribution in [1.29, 1.82) is 0 Å². The molecule has 28 heavy (non-hydrogen) atoms. The number of nitrogens with one attached hydrogen (secondary N) is 1. The second-order valence-electron chi connectivity index (χ2n) is 7.92. The molecule has 5 nitrogen and oxygen atoms in total. The van der Waals surface area contributed by atoms with Crippen LogP contribution in [0.4, 0.5) is 4.79 Å². The van der Waals surface area contributed by atoms with Crippen LogP contribution in [-0.2, 0) is 16.0 Å². The highest BCUT2D eigenvalue weighted by Crippen LogP contribution is 2.20. The van der Waals surface area contributed by atoms with Gasteiger partial charge in [0.1, 0.15) is 11.6 Å². The van der Waals surface area contributed by atoms with Crippen LogP contribution in [0.25, 0.3) is 0 Å². The fourth-order valence-electron chi connectivity index (χ4n) is 2.89. The maximum absolute atomic E-state index is 13.2. The van der Waals surface area contributed by atoms with Gasteiger partial charge in [-0.2, -0.15) is 0 Å². The Bertz CT molecular complexity index is 769. The fraction of sp³-hybridized carbons (Fsp3) is 0.391. The first kappa shape index (κ1) is 21.5. The molecular weight excluding hydrogens is 352 g/mol. The summed E-state index contributed by atoms with van der Waals surface area (Å²) in [7, 11) is 1.76. The van der Waals surface area contributed by atoms with Crippen LogP contribution in [0, 0.1) is 0 Å². The first-order valence-corrected chi connectivity index (χ1v) is 9.52. The fourth-order valence-corrected chi connectivity index (χ4v) is 2.89. The van der Waals surface area contributed by atoms with E-state index in [1.165, 1.54) is 0 Å². The molecule has 2 amide bonds. The van der Waals surface area contributed by atoms with Gasteiger partial charge in [0.05, 0.1) is 6.04 Å². The third-order valence-corrected chi connectivity index (χ3v) is 4.48. The van der Waals surface area contributed by atoms with Crippen molar-refractivity contribution in [2.45, 2.75) is 51.8 Å². The van der Waals surface area contributed by atoms with E-state index in [2.05, 4.69) is 5.32 Å². The number of ether oxygens (including phenoxy) is 1. The molecule has 2 atom stereocenters. The molecule has 0 bridgehead atoms. The number of hydrogen-bond acceptors (Lipinski definition) is 3. The standard InChI is InChI=1S/C23H30N2O3/c1-17(19-14-10-7-11-15-19)25(5)21(26)20(16-18-12-8-6-9-13-18)24-22(27)28-23(2,3)4/h6-15,17,20H,16H2,1-5H3,(H,24,27)/t17-,20+/m1/s1. The number of hydrogen-bond donors (Lipinski definition) is 1. The van der Waals surface area contributed by atoms with Crippen molar-refractivity contribution >= 4 is 12.0 Å². The van der Waals surface area contributed by atoms with Crippen molar-refractivity contribution in [3.05, 3.63) is 71.8 Å². The molecule has 0 spiro atoms. The van der Waals surface area contributed by atoms with Gasteiger partial charge in [-0.25, -0.2) is 4.79 Å². The van der Waals surface area contributed by atoms with Gasteiger partial charge in [0.25, 0.3) is 0 Å². The maximum Gasteiger partial charge on any atom is 0.408 e. The van der Waals surface area contributed by atoms with E-state index in [1.54, 1.807) is 32.7 Å². The van der Waals surface area contributed by atoms with Crippen LogP contribution < -0.4 is 5.32 Å². The quantitative estimate of drug-likeness (QED) is 0.808. The molecule has 0 saturated heterocycles. The van der Waals surface area contributed by atoms with E-state index in [9.17, 15) is 9.59 Å². The van der Waals surface area contributed by atoms with E-state index in [0.717, 1.165) is 11.1 Å². The van der Waals surface area contributed by atoms with Crippen LogP contribution in [0.15, 0.2) is 60.7 Å². The summed E-state index contributed by atoms with van der Waals surface area (Å²) < 4.78 is 5.36. The third-order valence-electron chi connectivity index (χ3n) is 4.48. The third kappa shape index (κ3) is 6.41. The molecule has 0 aliphatic heterocycles. The Balaban J connectivity index is 2.18. The molecule has 0 saturated carbocycles. The number of carbonyl (C=O) groups is 2. The van der Waals surface area contributed by atoms with Crippen LogP contribution >= 0.6 is 0 Å². The molecule has 1 N–H and O–H groups in total. The van der Waals surface area contributed by atoms with E-state index in [-0.39, 0.29) is 11.9 Å². The van der Waals surface area contributed by atoms with Crippen molar-refractivity contribution < 1.29 is 14.3 Å². The van der Waals surface area contributed by atoms with Gasteiger partial charge in [-0.3, -0.25) is 4.79 Å². The number of alkyl carbamates (subject to hydrolysis) is 1. The van der Waals surface area contributed by atoms with Crippen LogP contribution in [-0.4, -0.2) is 35.6 Å². The minimum Gasteiger partial charge on any atom is -0.444 e. The van der Waals surface area contributed by atoms with E-state index in [4.69, 9.17) is 4.74 Å². The summed E-state index contributed by atoms with van der Waals surface area (Å²) in [4.78, 5) is 27.2. The topological polar surface area (TPSA) is 58.6 Å². The van der Waals surface area contributed by atoms with Crippen molar-refractivity contribution in [2.75, 3.05) is 7.05 Å². The molecule has 0 heterocycles. The Labute approximate surface area is 167 Å². The first-order valence-electron chi connectivity index (χ1n) is 9.52. The highest BCUT2D eigenvalue weighted by atomic mass is 16.6. The maximum atomic E-state index is 13.2. The summed E-state index contributed by atoms with van der Waals surface area (Å²) in [5.41, 5.74) is 1.37. The van der Waals surface area contributed by atoms with Gasteiger partial charge in [0.15, 0.2) is 0 Å². The normalized spacial score (nSPS) is 13.3. The van der Waals surface area contributed by atoms with Crippen molar-refractivity contribution in [3.8, 4) is 0 Å². The van der Waals surface area contributed by atoms with Gasteiger partial charge in [-0.15, -0.1) is 0 Å². The lowest BCUT2D eigenvalue weighted by molar-refractivity contribution is -0.134. The van der Waals surface area contributed by atoms with Crippen LogP contribution in [0.3, 0.4) is 0 Å². The predicted molar refractivity (Wildman–Crippen MR) is 111 cm³/mol. The van der Waals surface area contributed by atoms with Crippen LogP contribution in [0.1, 0.15) is 44.9 Å². The largest absolute Gasteiger partial charge is 0.444 e. The van der Waals surface area contributed by atoms with Gasteiger partial charge in [0.2, 0.25) is 5.91 Å². The highest BCUT2D eigenvalue weighted by molar-refractivity contribution is 5.86. The summed E-state index contributed by atoms with van der Waals surface area (Å²) in [6, 6.07) is 18.6. The molecule has 0 aliphatic carbocycles. The predicted octanol–water partition coefficient (Wildman–Crippen LogP) is 4.34. The number of amides is 2. The Morgan fingerprint density at radius 3 is 2.07 bits per heavy atom. The van der Waals surface area contributed by atoms with Crippen molar-refractivity contribution in [3.63, 3.8) is 0 Å². The van der Waals surface area contributed by atoms with Gasteiger partial charge in [-0.1, -0.05) is 60.7 Å². The lowest BCUT2D eigenvalue weighted by Crippen LogP contribution is -2.50. The smallest absolute Gasteiger partial charge is 0.408 e. The van der Waals surface area contributed by atoms with Crippen molar-refractivity contribution in [2.24, 2.45) is 0 Å². The van der Waals surface area contributed by atoms with Gasteiger partial charge < -0.3 is 15.0 Å². The van der Waals surface area contributed by atoms with Crippen molar-refractivity contribution in [1.82, 2.24) is 10.2 Å². The average Bonchev–Trinajstić information content (AvgIpc) is 2.65. The van der Waals surface area contributed by atoms with Crippen LogP contribution in [0.2, 0.25) is 0 Å². The summed E-state index contributed by atoms with van der Waals surface area (Å²) in [5.74, 6) is -0.161. The zero-order valence-corrected chi connectivity index (χ0v) is 17.3. The monoisotopic (exact) mass is 382 g/mol. The van der Waals surface area contributed by atoms with E-state index >= 15 is 0 Å². The van der Waals surface area contributed by atoms with E-state index < -0.39 is 17.7 Å². The van der Waals surface area contributed by atoms with Gasteiger partial charge in [0, 0.05) is 13.5 Å². The molecule has 0 aliphatic rings. The zero-order valence-electron chi connectivity index (χ0n) is 17.3.